The molecule has 3 aromatic rings. The Bertz CT molecular complexity index is 852. The van der Waals surface area contributed by atoms with Gasteiger partial charge >= 0.3 is 0 Å². The molecule has 0 spiro atoms. The van der Waals surface area contributed by atoms with E-state index in [1.807, 2.05) is 29.2 Å². The van der Waals surface area contributed by atoms with E-state index in [0.717, 1.165) is 47.3 Å². The molecule has 0 unspecified atom stereocenters. The molecule has 0 bridgehead atoms. The predicted octanol–water partition coefficient (Wildman–Crippen LogP) is 2.76. The zero-order chi connectivity index (χ0) is 17.2. The van der Waals surface area contributed by atoms with Crippen molar-refractivity contribution in [2.75, 3.05) is 24.6 Å². The maximum absolute atomic E-state index is 12.4. The molecule has 1 aromatic carbocycles. The van der Waals surface area contributed by atoms with Gasteiger partial charge in [0.05, 0.1) is 5.75 Å². The first-order chi connectivity index (χ1) is 12.2. The third-order valence-corrected chi connectivity index (χ3v) is 6.12. The fourth-order valence-corrected chi connectivity index (χ4v) is 4.47. The maximum Gasteiger partial charge on any atom is 0.233 e. The lowest BCUT2D eigenvalue weighted by Crippen LogP contribution is -2.39. The number of thioether (sulfide) groups is 1. The summed E-state index contributed by atoms with van der Waals surface area (Å²) in [7, 11) is 0. The number of carbonyl (C=O) groups is 1. The summed E-state index contributed by atoms with van der Waals surface area (Å²) in [4.78, 5) is 18.8. The topological polar surface area (TPSA) is 98.1 Å². The Kier molecular flexibility index (Phi) is 4.58. The Morgan fingerprint density at radius 3 is 2.84 bits per heavy atom. The predicted molar refractivity (Wildman–Crippen MR) is 97.6 cm³/mol. The largest absolute Gasteiger partial charge is 0.440 e. The van der Waals surface area contributed by atoms with E-state index in [0.29, 0.717) is 10.9 Å². The molecule has 0 aliphatic carbocycles. The zero-order valence-electron chi connectivity index (χ0n) is 13.4. The van der Waals surface area contributed by atoms with Crippen LogP contribution in [0, 0.1) is 0 Å². The molecule has 25 heavy (non-hydrogen) atoms. The number of para-hydroxylation sites is 2. The van der Waals surface area contributed by atoms with E-state index in [1.165, 1.54) is 23.1 Å². The standard InChI is InChI=1S/C16H17N5O2S2/c17-15-19-20-16(25-15)24-9-13(22)21-7-5-10(6-8-21)14-18-11-3-1-2-4-12(11)23-14/h1-4,10H,5-9H2,(H2,17,19). The van der Waals surface area contributed by atoms with Crippen LogP contribution in [0.3, 0.4) is 0 Å². The van der Waals surface area contributed by atoms with Crippen molar-refractivity contribution in [3.8, 4) is 0 Å². The number of nitrogen functional groups attached to an aromatic ring is 1. The second-order valence-corrected chi connectivity index (χ2v) is 8.10. The van der Waals surface area contributed by atoms with Crippen LogP contribution in [0.1, 0.15) is 24.7 Å². The van der Waals surface area contributed by atoms with Gasteiger partial charge in [0.15, 0.2) is 15.8 Å². The number of anilines is 1. The van der Waals surface area contributed by atoms with Gasteiger partial charge in [0.25, 0.3) is 0 Å². The van der Waals surface area contributed by atoms with Crippen LogP contribution in [0.4, 0.5) is 5.13 Å². The molecule has 130 valence electrons. The Hall–Kier alpha value is -2.13. The van der Waals surface area contributed by atoms with Gasteiger partial charge in [-0.05, 0) is 25.0 Å². The lowest BCUT2D eigenvalue weighted by molar-refractivity contribution is -0.129. The van der Waals surface area contributed by atoms with Crippen molar-refractivity contribution >= 4 is 45.2 Å². The van der Waals surface area contributed by atoms with Crippen molar-refractivity contribution in [2.24, 2.45) is 0 Å². The highest BCUT2D eigenvalue weighted by Gasteiger charge is 2.27. The minimum Gasteiger partial charge on any atom is -0.440 e. The summed E-state index contributed by atoms with van der Waals surface area (Å²) in [6.07, 6.45) is 1.74. The molecule has 1 aliphatic rings. The van der Waals surface area contributed by atoms with Gasteiger partial charge in [-0.2, -0.15) is 0 Å². The van der Waals surface area contributed by atoms with Crippen molar-refractivity contribution in [1.82, 2.24) is 20.1 Å². The van der Waals surface area contributed by atoms with Gasteiger partial charge in [0, 0.05) is 19.0 Å². The highest BCUT2D eigenvalue weighted by Crippen LogP contribution is 2.30. The summed E-state index contributed by atoms with van der Waals surface area (Å²) in [5.41, 5.74) is 7.26. The molecule has 2 N–H and O–H groups in total. The van der Waals surface area contributed by atoms with Gasteiger partial charge in [0.2, 0.25) is 11.0 Å². The number of piperidine rings is 1. The lowest BCUT2D eigenvalue weighted by Gasteiger charge is -2.30. The number of hydrogen-bond acceptors (Lipinski definition) is 8. The SMILES string of the molecule is Nc1nnc(SCC(=O)N2CCC(c3nc4ccccc4o3)CC2)s1. The number of nitrogens with two attached hydrogens (primary N) is 1. The van der Waals surface area contributed by atoms with E-state index in [1.54, 1.807) is 0 Å². The Labute approximate surface area is 152 Å². The summed E-state index contributed by atoms with van der Waals surface area (Å²) < 4.78 is 6.60. The minimum atomic E-state index is 0.120. The molecular formula is C16H17N5O2S2. The Morgan fingerprint density at radius 1 is 1.32 bits per heavy atom. The number of hydrogen-bond donors (Lipinski definition) is 1. The molecule has 9 heteroatoms. The van der Waals surface area contributed by atoms with Crippen LogP contribution >= 0.6 is 23.1 Å². The summed E-state index contributed by atoms with van der Waals surface area (Å²) >= 11 is 2.69. The smallest absolute Gasteiger partial charge is 0.233 e. The van der Waals surface area contributed by atoms with Crippen LogP contribution < -0.4 is 5.73 Å². The number of nitrogens with zero attached hydrogens (tertiary/aromatic N) is 4. The molecule has 7 nitrogen and oxygen atoms in total. The summed E-state index contributed by atoms with van der Waals surface area (Å²) in [6.45, 7) is 1.45. The van der Waals surface area contributed by atoms with Gasteiger partial charge < -0.3 is 15.1 Å². The quantitative estimate of drug-likeness (QED) is 0.700. The molecular weight excluding hydrogens is 358 g/mol. The first-order valence-electron chi connectivity index (χ1n) is 8.04. The molecule has 0 radical (unpaired) electrons. The molecule has 1 fully saturated rings. The third-order valence-electron chi connectivity index (χ3n) is 4.25. The number of benzene rings is 1. The van der Waals surface area contributed by atoms with E-state index in [2.05, 4.69) is 15.2 Å². The molecule has 1 saturated heterocycles. The average molecular weight is 375 g/mol. The normalized spacial score (nSPS) is 15.8. The van der Waals surface area contributed by atoms with E-state index in [-0.39, 0.29) is 11.8 Å². The highest BCUT2D eigenvalue weighted by atomic mass is 32.2. The van der Waals surface area contributed by atoms with Crippen molar-refractivity contribution in [2.45, 2.75) is 23.1 Å². The molecule has 1 amide bonds. The van der Waals surface area contributed by atoms with E-state index >= 15 is 0 Å². The van der Waals surface area contributed by atoms with Crippen LogP contribution in [0.2, 0.25) is 0 Å². The van der Waals surface area contributed by atoms with Crippen LogP contribution in [0.15, 0.2) is 33.0 Å². The maximum atomic E-state index is 12.4. The summed E-state index contributed by atoms with van der Waals surface area (Å²) in [5.74, 6) is 1.54. The first-order valence-corrected chi connectivity index (χ1v) is 9.84. The Balaban J connectivity index is 1.32. The zero-order valence-corrected chi connectivity index (χ0v) is 15.1. The molecule has 4 rings (SSSR count). The Morgan fingerprint density at radius 2 is 2.12 bits per heavy atom. The van der Waals surface area contributed by atoms with E-state index in [9.17, 15) is 4.79 Å². The molecule has 0 saturated carbocycles. The average Bonchev–Trinajstić information content (AvgIpc) is 3.25. The lowest BCUT2D eigenvalue weighted by atomic mass is 9.97. The van der Waals surface area contributed by atoms with Crippen molar-refractivity contribution in [3.05, 3.63) is 30.2 Å². The molecule has 3 heterocycles. The van der Waals surface area contributed by atoms with Gasteiger partial charge in [-0.15, -0.1) is 10.2 Å². The number of likely N-dealkylation sites (tertiary alicyclic amines) is 1. The number of amides is 1. The van der Waals surface area contributed by atoms with Crippen LogP contribution in [-0.2, 0) is 4.79 Å². The number of fused-ring (bicyclic) bond motifs is 1. The van der Waals surface area contributed by atoms with Gasteiger partial charge in [-0.3, -0.25) is 4.79 Å². The van der Waals surface area contributed by atoms with Crippen LogP contribution in [-0.4, -0.2) is 44.8 Å². The number of oxazole rings is 1. The van der Waals surface area contributed by atoms with Crippen molar-refractivity contribution < 1.29 is 9.21 Å². The summed E-state index contributed by atoms with van der Waals surface area (Å²) in [6, 6.07) is 7.79. The number of carbonyl (C=O) groups excluding carboxylic acids is 1. The first kappa shape index (κ1) is 16.3. The third kappa shape index (κ3) is 3.62. The monoisotopic (exact) mass is 375 g/mol. The fraction of sp³-hybridized carbons (Fsp3) is 0.375. The van der Waals surface area contributed by atoms with E-state index in [4.69, 9.17) is 10.2 Å². The molecule has 0 atom stereocenters. The molecule has 1 aliphatic heterocycles. The van der Waals surface area contributed by atoms with Gasteiger partial charge in [-0.25, -0.2) is 4.98 Å². The number of aromatic nitrogens is 3. The van der Waals surface area contributed by atoms with Crippen LogP contribution in [0.5, 0.6) is 0 Å². The minimum absolute atomic E-state index is 0.120. The number of rotatable bonds is 4. The fourth-order valence-electron chi connectivity index (χ4n) is 2.93. The van der Waals surface area contributed by atoms with Gasteiger partial charge in [0.1, 0.15) is 5.52 Å². The molecule has 2 aromatic heterocycles. The van der Waals surface area contributed by atoms with Crippen molar-refractivity contribution in [1.29, 1.82) is 0 Å². The second kappa shape index (κ2) is 7.01. The van der Waals surface area contributed by atoms with Crippen LogP contribution in [0.25, 0.3) is 11.1 Å². The van der Waals surface area contributed by atoms with Crippen molar-refractivity contribution in [3.63, 3.8) is 0 Å². The summed E-state index contributed by atoms with van der Waals surface area (Å²) in [5, 5.41) is 8.10. The second-order valence-electron chi connectivity index (χ2n) is 5.87. The van der Waals surface area contributed by atoms with Gasteiger partial charge in [-0.1, -0.05) is 35.2 Å². The highest BCUT2D eigenvalue weighted by molar-refractivity contribution is 8.01. The van der Waals surface area contributed by atoms with E-state index < -0.39 is 0 Å².